The summed E-state index contributed by atoms with van der Waals surface area (Å²) in [4.78, 5) is 3.07. The Hall–Kier alpha value is -0.800. The van der Waals surface area contributed by atoms with Crippen molar-refractivity contribution in [1.29, 1.82) is 0 Å². The molecule has 3 nitrogen and oxygen atoms in total. The van der Waals surface area contributed by atoms with E-state index in [9.17, 15) is 0 Å². The Bertz CT molecular complexity index is 237. The van der Waals surface area contributed by atoms with Crippen LogP contribution in [-0.4, -0.2) is 30.7 Å². The summed E-state index contributed by atoms with van der Waals surface area (Å²) in [5.74, 6) is 0. The molecule has 0 saturated carbocycles. The van der Waals surface area contributed by atoms with Crippen LogP contribution in [0.15, 0.2) is 18.5 Å². The summed E-state index contributed by atoms with van der Waals surface area (Å²) in [6, 6.07) is 2.84. The predicted octanol–water partition coefficient (Wildman–Crippen LogP) is 0.899. The number of hydrogen-bond acceptors (Lipinski definition) is 2. The first-order chi connectivity index (χ1) is 6.95. The monoisotopic (exact) mass is 193 g/mol. The molecule has 1 unspecified atom stereocenters. The maximum atomic E-state index is 3.49. The maximum absolute atomic E-state index is 3.49. The van der Waals surface area contributed by atoms with E-state index in [1.807, 2.05) is 6.20 Å². The van der Waals surface area contributed by atoms with Crippen molar-refractivity contribution in [2.24, 2.45) is 0 Å². The lowest BCUT2D eigenvalue weighted by molar-refractivity contribution is 0.538. The molecule has 0 amide bonds. The van der Waals surface area contributed by atoms with Gasteiger partial charge in [-0.25, -0.2) is 0 Å². The van der Waals surface area contributed by atoms with E-state index in [2.05, 4.69) is 27.9 Å². The molecule has 1 aliphatic rings. The summed E-state index contributed by atoms with van der Waals surface area (Å²) >= 11 is 0. The first-order valence-corrected chi connectivity index (χ1v) is 5.51. The largest absolute Gasteiger partial charge is 0.367 e. The molecular formula is C11H19N3. The van der Waals surface area contributed by atoms with Crippen molar-refractivity contribution in [3.05, 3.63) is 24.0 Å². The van der Waals surface area contributed by atoms with Gasteiger partial charge < -0.3 is 15.6 Å². The molecule has 1 atom stereocenters. The molecule has 1 saturated heterocycles. The molecule has 3 N–H and O–H groups in total. The molecule has 0 aromatic carbocycles. The number of hydrogen-bond donors (Lipinski definition) is 3. The SMILES string of the molecule is c1cc(CCNCC2CCCN2)c[nH]1. The van der Waals surface area contributed by atoms with Crippen molar-refractivity contribution in [3.8, 4) is 0 Å². The first-order valence-electron chi connectivity index (χ1n) is 5.51. The van der Waals surface area contributed by atoms with Gasteiger partial charge in [0, 0.05) is 25.0 Å². The lowest BCUT2D eigenvalue weighted by atomic mass is 10.2. The van der Waals surface area contributed by atoms with Crippen LogP contribution < -0.4 is 10.6 Å². The minimum Gasteiger partial charge on any atom is -0.367 e. The number of rotatable bonds is 5. The molecular weight excluding hydrogens is 174 g/mol. The normalized spacial score (nSPS) is 21.6. The van der Waals surface area contributed by atoms with E-state index in [-0.39, 0.29) is 0 Å². The van der Waals surface area contributed by atoms with E-state index < -0.39 is 0 Å². The van der Waals surface area contributed by atoms with E-state index in [1.54, 1.807) is 0 Å². The van der Waals surface area contributed by atoms with Gasteiger partial charge in [0.2, 0.25) is 0 Å². The molecule has 3 heteroatoms. The summed E-state index contributed by atoms with van der Waals surface area (Å²) in [5, 5.41) is 6.97. The lowest BCUT2D eigenvalue weighted by Crippen LogP contribution is -2.34. The molecule has 0 aliphatic carbocycles. The Labute approximate surface area is 85.3 Å². The van der Waals surface area contributed by atoms with Gasteiger partial charge in [-0.1, -0.05) is 0 Å². The summed E-state index contributed by atoms with van der Waals surface area (Å²) in [5.41, 5.74) is 1.39. The van der Waals surface area contributed by atoms with Crippen molar-refractivity contribution in [3.63, 3.8) is 0 Å². The summed E-state index contributed by atoms with van der Waals surface area (Å²) in [7, 11) is 0. The fourth-order valence-electron chi connectivity index (χ4n) is 1.95. The average Bonchev–Trinajstić information content (AvgIpc) is 2.86. The average molecular weight is 193 g/mol. The van der Waals surface area contributed by atoms with Crippen LogP contribution in [0.1, 0.15) is 18.4 Å². The van der Waals surface area contributed by atoms with E-state index in [0.717, 1.165) is 19.5 Å². The number of aromatic nitrogens is 1. The highest BCUT2D eigenvalue weighted by Crippen LogP contribution is 2.03. The second-order valence-electron chi connectivity index (χ2n) is 3.97. The molecule has 0 radical (unpaired) electrons. The summed E-state index contributed by atoms with van der Waals surface area (Å²) < 4.78 is 0. The molecule has 0 spiro atoms. The number of nitrogens with one attached hydrogen (secondary N) is 3. The second kappa shape index (κ2) is 5.17. The van der Waals surface area contributed by atoms with Crippen LogP contribution in [0.4, 0.5) is 0 Å². The smallest absolute Gasteiger partial charge is 0.0192 e. The van der Waals surface area contributed by atoms with Crippen molar-refractivity contribution >= 4 is 0 Å². The van der Waals surface area contributed by atoms with Crippen LogP contribution in [0.2, 0.25) is 0 Å². The minimum atomic E-state index is 0.709. The molecule has 1 aromatic heterocycles. The highest BCUT2D eigenvalue weighted by Gasteiger charge is 2.12. The molecule has 78 valence electrons. The second-order valence-corrected chi connectivity index (χ2v) is 3.97. The van der Waals surface area contributed by atoms with Crippen LogP contribution in [0.25, 0.3) is 0 Å². The van der Waals surface area contributed by atoms with Crippen LogP contribution >= 0.6 is 0 Å². The zero-order valence-corrected chi connectivity index (χ0v) is 8.55. The molecule has 2 heterocycles. The van der Waals surface area contributed by atoms with Crippen molar-refractivity contribution in [2.45, 2.75) is 25.3 Å². The minimum absolute atomic E-state index is 0.709. The van der Waals surface area contributed by atoms with Gasteiger partial charge in [0.25, 0.3) is 0 Å². The van der Waals surface area contributed by atoms with Gasteiger partial charge in [-0.15, -0.1) is 0 Å². The van der Waals surface area contributed by atoms with Crippen molar-refractivity contribution < 1.29 is 0 Å². The Morgan fingerprint density at radius 3 is 3.21 bits per heavy atom. The van der Waals surface area contributed by atoms with Gasteiger partial charge in [-0.2, -0.15) is 0 Å². The Kier molecular flexibility index (Phi) is 3.60. The molecule has 1 aliphatic heterocycles. The summed E-state index contributed by atoms with van der Waals surface area (Å²) in [6.07, 6.45) is 7.83. The van der Waals surface area contributed by atoms with Crippen LogP contribution in [0.5, 0.6) is 0 Å². The highest BCUT2D eigenvalue weighted by atomic mass is 15.0. The molecule has 14 heavy (non-hydrogen) atoms. The molecule has 2 rings (SSSR count). The van der Waals surface area contributed by atoms with E-state index in [1.165, 1.54) is 24.9 Å². The predicted molar refractivity (Wildman–Crippen MR) is 58.4 cm³/mol. The Balaban J connectivity index is 1.55. The van der Waals surface area contributed by atoms with Gasteiger partial charge in [0.1, 0.15) is 0 Å². The van der Waals surface area contributed by atoms with E-state index >= 15 is 0 Å². The van der Waals surface area contributed by atoms with E-state index in [4.69, 9.17) is 0 Å². The molecule has 0 bridgehead atoms. The quantitative estimate of drug-likeness (QED) is 0.608. The van der Waals surface area contributed by atoms with Crippen LogP contribution in [-0.2, 0) is 6.42 Å². The van der Waals surface area contributed by atoms with Crippen molar-refractivity contribution in [2.75, 3.05) is 19.6 Å². The lowest BCUT2D eigenvalue weighted by Gasteiger charge is -2.10. The molecule has 1 fully saturated rings. The Morgan fingerprint density at radius 2 is 2.50 bits per heavy atom. The van der Waals surface area contributed by atoms with Gasteiger partial charge >= 0.3 is 0 Å². The first kappa shape index (κ1) is 9.74. The summed E-state index contributed by atoms with van der Waals surface area (Å²) in [6.45, 7) is 3.39. The third kappa shape index (κ3) is 2.86. The van der Waals surface area contributed by atoms with Gasteiger partial charge in [0.15, 0.2) is 0 Å². The zero-order chi connectivity index (χ0) is 9.64. The standard InChI is InChI=1S/C11H19N3/c1-2-11(14-5-1)9-13-7-4-10-3-6-12-8-10/h3,6,8,11-14H,1-2,4-5,7,9H2. The van der Waals surface area contributed by atoms with Crippen LogP contribution in [0.3, 0.4) is 0 Å². The van der Waals surface area contributed by atoms with Gasteiger partial charge in [-0.3, -0.25) is 0 Å². The fraction of sp³-hybridized carbons (Fsp3) is 0.636. The third-order valence-electron chi connectivity index (χ3n) is 2.81. The molecule has 1 aromatic rings. The maximum Gasteiger partial charge on any atom is 0.0192 e. The Morgan fingerprint density at radius 1 is 1.50 bits per heavy atom. The highest BCUT2D eigenvalue weighted by molar-refractivity contribution is 5.08. The zero-order valence-electron chi connectivity index (χ0n) is 8.55. The van der Waals surface area contributed by atoms with Gasteiger partial charge in [-0.05, 0) is 44.0 Å². The van der Waals surface area contributed by atoms with Crippen LogP contribution in [0, 0.1) is 0 Å². The van der Waals surface area contributed by atoms with Crippen molar-refractivity contribution in [1.82, 2.24) is 15.6 Å². The third-order valence-corrected chi connectivity index (χ3v) is 2.81. The topological polar surface area (TPSA) is 39.8 Å². The van der Waals surface area contributed by atoms with Gasteiger partial charge in [0.05, 0.1) is 0 Å². The number of H-pyrrole nitrogens is 1. The number of aromatic amines is 1. The van der Waals surface area contributed by atoms with E-state index in [0.29, 0.717) is 6.04 Å². The fourth-order valence-corrected chi connectivity index (χ4v) is 1.95.